The molecule has 0 spiro atoms. The summed E-state index contributed by atoms with van der Waals surface area (Å²) >= 11 is 0. The second-order valence-electron chi connectivity index (χ2n) is 5.84. The number of carbonyl (C=O) groups is 3. The van der Waals surface area contributed by atoms with E-state index >= 15 is 0 Å². The minimum atomic E-state index is -1.65. The summed E-state index contributed by atoms with van der Waals surface area (Å²) < 4.78 is 5.16. The Morgan fingerprint density at radius 3 is 2.20 bits per heavy atom. The lowest BCUT2D eigenvalue weighted by molar-refractivity contribution is -0.168. The summed E-state index contributed by atoms with van der Waals surface area (Å²) in [7, 11) is 0. The second kappa shape index (κ2) is 5.11. The van der Waals surface area contributed by atoms with Crippen LogP contribution in [0.3, 0.4) is 0 Å². The van der Waals surface area contributed by atoms with Crippen LogP contribution in [0.1, 0.15) is 27.7 Å². The van der Waals surface area contributed by atoms with Crippen molar-refractivity contribution in [1.82, 2.24) is 0 Å². The first-order valence-electron chi connectivity index (χ1n) is 6.08. The lowest BCUT2D eigenvalue weighted by Gasteiger charge is -2.34. The smallest absolute Gasteiger partial charge is 0.332 e. The van der Waals surface area contributed by atoms with Gasteiger partial charge in [0.05, 0.1) is 5.57 Å². The molecule has 2 atom stereocenters. The molecule has 0 radical (unpaired) electrons. The second-order valence-corrected chi connectivity index (χ2v) is 5.84. The Kier molecular flexibility index (Phi) is 4.07. The number of allylic oxidation sites excluding steroid dienone is 2. The van der Waals surface area contributed by atoms with Gasteiger partial charge < -0.3 is 14.9 Å². The van der Waals surface area contributed by atoms with Gasteiger partial charge in [-0.25, -0.2) is 4.79 Å². The monoisotopic (exact) mass is 282 g/mol. The summed E-state index contributed by atoms with van der Waals surface area (Å²) in [5, 5.41) is 18.5. The number of esters is 1. The molecule has 6 nitrogen and oxygen atoms in total. The fourth-order valence-corrected chi connectivity index (χ4v) is 1.99. The molecule has 0 heterocycles. The fraction of sp³-hybridized carbons (Fsp3) is 0.500. The van der Waals surface area contributed by atoms with Crippen molar-refractivity contribution in [2.75, 3.05) is 0 Å². The van der Waals surface area contributed by atoms with E-state index in [4.69, 9.17) is 9.84 Å². The Labute approximate surface area is 116 Å². The molecule has 1 rings (SSSR count). The lowest BCUT2D eigenvalue weighted by Crippen LogP contribution is -2.45. The van der Waals surface area contributed by atoms with Crippen molar-refractivity contribution in [1.29, 1.82) is 0 Å². The number of rotatable bonds is 3. The zero-order valence-electron chi connectivity index (χ0n) is 11.8. The maximum Gasteiger partial charge on any atom is 0.332 e. The topological polar surface area (TPSA) is 101 Å². The zero-order valence-corrected chi connectivity index (χ0v) is 11.8. The van der Waals surface area contributed by atoms with Gasteiger partial charge in [0.15, 0.2) is 0 Å². The molecule has 6 heteroatoms. The van der Waals surface area contributed by atoms with Gasteiger partial charge in [0.2, 0.25) is 0 Å². The molecular weight excluding hydrogens is 264 g/mol. The van der Waals surface area contributed by atoms with Crippen molar-refractivity contribution in [3.05, 3.63) is 23.8 Å². The van der Waals surface area contributed by atoms with Crippen LogP contribution in [0.2, 0.25) is 0 Å². The molecule has 1 aliphatic rings. The van der Waals surface area contributed by atoms with Crippen molar-refractivity contribution < 1.29 is 29.3 Å². The number of carbonyl (C=O) groups excluding carboxylic acids is 1. The van der Waals surface area contributed by atoms with Crippen LogP contribution in [-0.4, -0.2) is 33.7 Å². The van der Waals surface area contributed by atoms with Crippen molar-refractivity contribution in [2.45, 2.75) is 33.3 Å². The molecule has 2 unspecified atom stereocenters. The Hall–Kier alpha value is -2.11. The van der Waals surface area contributed by atoms with Gasteiger partial charge in [-0.2, -0.15) is 0 Å². The maximum absolute atomic E-state index is 12.2. The van der Waals surface area contributed by atoms with Gasteiger partial charge in [0, 0.05) is 0 Å². The van der Waals surface area contributed by atoms with Crippen LogP contribution in [0.5, 0.6) is 0 Å². The highest BCUT2D eigenvalue weighted by molar-refractivity contribution is 5.99. The van der Waals surface area contributed by atoms with E-state index in [2.05, 4.69) is 0 Å². The third kappa shape index (κ3) is 3.07. The molecule has 0 bridgehead atoms. The molecule has 0 aromatic carbocycles. The number of hydrogen-bond acceptors (Lipinski definition) is 4. The number of ether oxygens (including phenoxy) is 1. The van der Waals surface area contributed by atoms with Crippen molar-refractivity contribution >= 4 is 17.9 Å². The normalized spacial score (nSPS) is 25.8. The molecular formula is C14H18O6. The average molecular weight is 282 g/mol. The number of aliphatic carboxylic acids is 2. The van der Waals surface area contributed by atoms with E-state index in [1.165, 1.54) is 25.2 Å². The van der Waals surface area contributed by atoms with Gasteiger partial charge in [-0.3, -0.25) is 9.59 Å². The van der Waals surface area contributed by atoms with E-state index in [0.29, 0.717) is 0 Å². The maximum atomic E-state index is 12.2. The van der Waals surface area contributed by atoms with E-state index in [-0.39, 0.29) is 5.57 Å². The number of carboxylic acid groups (broad SMARTS) is 2. The molecule has 0 saturated heterocycles. The van der Waals surface area contributed by atoms with Gasteiger partial charge in [0.25, 0.3) is 0 Å². The molecule has 0 fully saturated rings. The third-order valence-electron chi connectivity index (χ3n) is 2.98. The van der Waals surface area contributed by atoms with E-state index in [9.17, 15) is 19.5 Å². The molecule has 1 aliphatic carbocycles. The lowest BCUT2D eigenvalue weighted by atomic mass is 9.70. The summed E-state index contributed by atoms with van der Waals surface area (Å²) in [6.45, 7) is 6.19. The van der Waals surface area contributed by atoms with Gasteiger partial charge in [-0.05, 0) is 27.7 Å². The van der Waals surface area contributed by atoms with Crippen LogP contribution in [-0.2, 0) is 19.1 Å². The standard InChI is InChI=1S/C14H18O6/c1-13(2,3)20-11(17)9-8(10(15)16)6-5-7-14(9,4)12(18)19/h5-7,9H,1-4H3,(H,15,16)(H,18,19). The van der Waals surface area contributed by atoms with Crippen LogP contribution >= 0.6 is 0 Å². The van der Waals surface area contributed by atoms with E-state index < -0.39 is 34.8 Å². The number of hydrogen-bond donors (Lipinski definition) is 2. The Bertz CT molecular complexity index is 508. The highest BCUT2D eigenvalue weighted by Gasteiger charge is 2.50. The molecule has 20 heavy (non-hydrogen) atoms. The highest BCUT2D eigenvalue weighted by atomic mass is 16.6. The van der Waals surface area contributed by atoms with Crippen molar-refractivity contribution in [2.24, 2.45) is 11.3 Å². The molecule has 0 aromatic rings. The largest absolute Gasteiger partial charge is 0.481 e. The first-order chi connectivity index (χ1) is 8.99. The molecule has 110 valence electrons. The zero-order chi connectivity index (χ0) is 15.7. The van der Waals surface area contributed by atoms with Crippen LogP contribution in [0.4, 0.5) is 0 Å². The van der Waals surface area contributed by atoms with E-state index in [0.717, 1.165) is 0 Å². The minimum absolute atomic E-state index is 0.286. The van der Waals surface area contributed by atoms with Gasteiger partial charge in [0.1, 0.15) is 16.9 Å². The van der Waals surface area contributed by atoms with Crippen LogP contribution < -0.4 is 0 Å². The average Bonchev–Trinajstić information content (AvgIpc) is 2.25. The van der Waals surface area contributed by atoms with Crippen molar-refractivity contribution in [3.63, 3.8) is 0 Å². The summed E-state index contributed by atoms with van der Waals surface area (Å²) in [4.78, 5) is 34.9. The molecule has 0 amide bonds. The third-order valence-corrected chi connectivity index (χ3v) is 2.98. The Morgan fingerprint density at radius 1 is 1.25 bits per heavy atom. The fourth-order valence-electron chi connectivity index (χ4n) is 1.99. The quantitative estimate of drug-likeness (QED) is 0.763. The first kappa shape index (κ1) is 15.9. The van der Waals surface area contributed by atoms with Gasteiger partial charge in [-0.1, -0.05) is 18.2 Å². The summed E-state index contributed by atoms with van der Waals surface area (Å²) in [6, 6.07) is 0. The predicted molar refractivity (Wildman–Crippen MR) is 69.9 cm³/mol. The SMILES string of the molecule is CC(C)(C)OC(=O)C1C(C(=O)O)=CC=CC1(C)C(=O)O. The predicted octanol–water partition coefficient (Wildman–Crippen LogP) is 1.62. The van der Waals surface area contributed by atoms with E-state index in [1.54, 1.807) is 20.8 Å². The van der Waals surface area contributed by atoms with Crippen LogP contribution in [0.15, 0.2) is 23.8 Å². The minimum Gasteiger partial charge on any atom is -0.481 e. The summed E-state index contributed by atoms with van der Waals surface area (Å²) in [6.07, 6.45) is 3.86. The summed E-state index contributed by atoms with van der Waals surface area (Å²) in [5.41, 5.74) is -2.77. The molecule has 2 N–H and O–H groups in total. The van der Waals surface area contributed by atoms with Gasteiger partial charge in [-0.15, -0.1) is 0 Å². The summed E-state index contributed by atoms with van der Waals surface area (Å²) in [5.74, 6) is -4.86. The molecule has 0 saturated carbocycles. The number of carboxylic acids is 2. The Balaban J connectivity index is 3.28. The Morgan fingerprint density at radius 2 is 1.80 bits per heavy atom. The van der Waals surface area contributed by atoms with Crippen LogP contribution in [0.25, 0.3) is 0 Å². The van der Waals surface area contributed by atoms with E-state index in [1.807, 2.05) is 0 Å². The first-order valence-corrected chi connectivity index (χ1v) is 6.08. The molecule has 0 aliphatic heterocycles. The molecule has 0 aromatic heterocycles. The van der Waals surface area contributed by atoms with Crippen molar-refractivity contribution in [3.8, 4) is 0 Å². The van der Waals surface area contributed by atoms with Crippen LogP contribution in [0, 0.1) is 11.3 Å². The highest BCUT2D eigenvalue weighted by Crippen LogP contribution is 2.39. The van der Waals surface area contributed by atoms with Gasteiger partial charge >= 0.3 is 17.9 Å².